The normalized spacial score (nSPS) is 14.1. The molecule has 0 saturated heterocycles. The molecule has 4 heteroatoms. The molecule has 1 aromatic rings. The highest BCUT2D eigenvalue weighted by molar-refractivity contribution is 5.46. The van der Waals surface area contributed by atoms with Crippen LogP contribution in [0.3, 0.4) is 0 Å². The van der Waals surface area contributed by atoms with Gasteiger partial charge in [0.1, 0.15) is 5.82 Å². The van der Waals surface area contributed by atoms with Crippen molar-refractivity contribution in [1.82, 2.24) is 5.32 Å². The Balaban J connectivity index is 2.58. The Morgan fingerprint density at radius 3 is 2.60 bits per heavy atom. The number of anilines is 1. The van der Waals surface area contributed by atoms with Gasteiger partial charge < -0.3 is 15.3 Å². The number of benzene rings is 1. The zero-order valence-electron chi connectivity index (χ0n) is 12.8. The fraction of sp³-hybridized carbons (Fsp3) is 0.625. The maximum atomic E-state index is 13.3. The first-order chi connectivity index (χ1) is 9.60. The van der Waals surface area contributed by atoms with Crippen LogP contribution in [-0.2, 0) is 0 Å². The molecule has 0 spiro atoms. The number of hydrogen-bond acceptors (Lipinski definition) is 3. The van der Waals surface area contributed by atoms with Crippen LogP contribution in [0.15, 0.2) is 24.3 Å². The fourth-order valence-electron chi connectivity index (χ4n) is 2.50. The minimum atomic E-state index is -0.200. The fourth-order valence-corrected chi connectivity index (χ4v) is 2.50. The topological polar surface area (TPSA) is 35.5 Å². The third kappa shape index (κ3) is 4.46. The van der Waals surface area contributed by atoms with Crippen molar-refractivity contribution in [3.63, 3.8) is 0 Å². The molecule has 0 amide bonds. The molecule has 114 valence electrons. The van der Waals surface area contributed by atoms with Gasteiger partial charge in [0.2, 0.25) is 0 Å². The van der Waals surface area contributed by atoms with Gasteiger partial charge in [0, 0.05) is 24.3 Å². The van der Waals surface area contributed by atoms with E-state index in [1.54, 1.807) is 12.1 Å². The number of halogens is 1. The van der Waals surface area contributed by atoms with E-state index in [1.807, 2.05) is 13.1 Å². The molecule has 1 atom stereocenters. The van der Waals surface area contributed by atoms with E-state index in [0.29, 0.717) is 0 Å². The monoisotopic (exact) mass is 282 g/mol. The van der Waals surface area contributed by atoms with E-state index in [-0.39, 0.29) is 18.0 Å². The third-order valence-electron chi connectivity index (χ3n) is 4.15. The lowest BCUT2D eigenvalue weighted by Gasteiger charge is -2.32. The van der Waals surface area contributed by atoms with Gasteiger partial charge in [0.05, 0.1) is 6.61 Å². The van der Waals surface area contributed by atoms with E-state index in [0.717, 1.165) is 38.0 Å². The molecule has 0 fully saturated rings. The molecule has 0 saturated carbocycles. The highest BCUT2D eigenvalue weighted by atomic mass is 19.1. The van der Waals surface area contributed by atoms with Crippen LogP contribution in [0.5, 0.6) is 0 Å². The number of hydrogen-bond donors (Lipinski definition) is 2. The van der Waals surface area contributed by atoms with E-state index in [9.17, 15) is 9.50 Å². The van der Waals surface area contributed by atoms with E-state index >= 15 is 0 Å². The van der Waals surface area contributed by atoms with Gasteiger partial charge in [-0.05, 0) is 51.4 Å². The molecule has 0 aromatic heterocycles. The molecule has 1 unspecified atom stereocenters. The molecule has 0 aliphatic heterocycles. The number of rotatable bonds is 9. The Labute approximate surface area is 121 Å². The van der Waals surface area contributed by atoms with Crippen molar-refractivity contribution < 1.29 is 9.50 Å². The number of aliphatic hydroxyl groups excluding tert-OH is 1. The Bertz CT molecular complexity index is 386. The first-order valence-electron chi connectivity index (χ1n) is 7.41. The molecule has 20 heavy (non-hydrogen) atoms. The van der Waals surface area contributed by atoms with Crippen molar-refractivity contribution in [1.29, 1.82) is 0 Å². The summed E-state index contributed by atoms with van der Waals surface area (Å²) in [6.07, 6.45) is 2.76. The van der Waals surface area contributed by atoms with Crippen LogP contribution in [-0.4, -0.2) is 37.4 Å². The van der Waals surface area contributed by atoms with Gasteiger partial charge in [-0.15, -0.1) is 0 Å². The quantitative estimate of drug-likeness (QED) is 0.731. The zero-order chi connectivity index (χ0) is 15.0. The smallest absolute Gasteiger partial charge is 0.125 e. The Morgan fingerprint density at radius 1 is 1.35 bits per heavy atom. The van der Waals surface area contributed by atoms with Crippen molar-refractivity contribution in [2.75, 3.05) is 31.6 Å². The van der Waals surface area contributed by atoms with E-state index in [2.05, 4.69) is 24.1 Å². The minimum Gasteiger partial charge on any atom is -0.394 e. The maximum absolute atomic E-state index is 13.3. The molecule has 0 radical (unpaired) electrons. The number of likely N-dealkylation sites (N-methyl/N-ethyl adjacent to an activating group) is 1. The predicted octanol–water partition coefficient (Wildman–Crippen LogP) is 2.79. The summed E-state index contributed by atoms with van der Waals surface area (Å²) < 4.78 is 13.3. The zero-order valence-corrected chi connectivity index (χ0v) is 12.8. The average Bonchev–Trinajstić information content (AvgIpc) is 2.48. The largest absolute Gasteiger partial charge is 0.394 e. The molecule has 0 aliphatic rings. The number of nitrogens with one attached hydrogen (secondary N) is 1. The van der Waals surface area contributed by atoms with E-state index in [4.69, 9.17) is 0 Å². The lowest BCUT2D eigenvalue weighted by Crippen LogP contribution is -2.46. The van der Waals surface area contributed by atoms with Crippen molar-refractivity contribution in [3.05, 3.63) is 30.1 Å². The van der Waals surface area contributed by atoms with Crippen LogP contribution in [0, 0.1) is 5.82 Å². The summed E-state index contributed by atoms with van der Waals surface area (Å²) >= 11 is 0. The molecule has 1 aromatic carbocycles. The van der Waals surface area contributed by atoms with Gasteiger partial charge in [0.25, 0.3) is 0 Å². The molecule has 2 N–H and O–H groups in total. The molecule has 3 nitrogen and oxygen atoms in total. The van der Waals surface area contributed by atoms with Gasteiger partial charge in [-0.25, -0.2) is 4.39 Å². The summed E-state index contributed by atoms with van der Waals surface area (Å²) in [4.78, 5) is 2.16. The summed E-state index contributed by atoms with van der Waals surface area (Å²) in [7, 11) is 1.89. The van der Waals surface area contributed by atoms with Gasteiger partial charge in [-0.2, -0.15) is 0 Å². The van der Waals surface area contributed by atoms with Crippen LogP contribution >= 0.6 is 0 Å². The lowest BCUT2D eigenvalue weighted by atomic mass is 9.91. The third-order valence-corrected chi connectivity index (χ3v) is 4.15. The van der Waals surface area contributed by atoms with Crippen molar-refractivity contribution in [3.8, 4) is 0 Å². The minimum absolute atomic E-state index is 0.145. The average molecular weight is 282 g/mol. The van der Waals surface area contributed by atoms with Crippen molar-refractivity contribution in [2.24, 2.45) is 0 Å². The number of nitrogens with zero attached hydrogens (tertiary/aromatic N) is 1. The highest BCUT2D eigenvalue weighted by Gasteiger charge is 2.24. The predicted molar refractivity (Wildman–Crippen MR) is 82.7 cm³/mol. The molecular formula is C16H27FN2O. The van der Waals surface area contributed by atoms with Crippen LogP contribution < -0.4 is 10.2 Å². The second-order valence-electron chi connectivity index (χ2n) is 5.21. The van der Waals surface area contributed by atoms with Gasteiger partial charge >= 0.3 is 0 Å². The van der Waals surface area contributed by atoms with Gasteiger partial charge in [0.15, 0.2) is 0 Å². The summed E-state index contributed by atoms with van der Waals surface area (Å²) in [6, 6.07) is 6.71. The Morgan fingerprint density at radius 2 is 2.10 bits per heavy atom. The highest BCUT2D eigenvalue weighted by Crippen LogP contribution is 2.20. The first kappa shape index (κ1) is 16.9. The van der Waals surface area contributed by atoms with Gasteiger partial charge in [-0.3, -0.25) is 0 Å². The Hall–Kier alpha value is -1.13. The molecule has 0 bridgehead atoms. The van der Waals surface area contributed by atoms with Gasteiger partial charge in [-0.1, -0.05) is 13.0 Å². The second-order valence-corrected chi connectivity index (χ2v) is 5.21. The van der Waals surface area contributed by atoms with E-state index < -0.39 is 0 Å². The lowest BCUT2D eigenvalue weighted by molar-refractivity contribution is 0.153. The summed E-state index contributed by atoms with van der Waals surface area (Å²) in [6.45, 7) is 6.01. The number of aliphatic hydroxyl groups is 1. The summed E-state index contributed by atoms with van der Waals surface area (Å²) in [5.74, 6) is -0.200. The SMILES string of the molecule is CCN(CCCC(CC)(CO)NC)c1cccc(F)c1. The van der Waals surface area contributed by atoms with Crippen LogP contribution in [0.25, 0.3) is 0 Å². The van der Waals surface area contributed by atoms with Crippen LogP contribution in [0.4, 0.5) is 10.1 Å². The maximum Gasteiger partial charge on any atom is 0.125 e. The van der Waals surface area contributed by atoms with Crippen LogP contribution in [0.2, 0.25) is 0 Å². The van der Waals surface area contributed by atoms with Crippen molar-refractivity contribution in [2.45, 2.75) is 38.6 Å². The van der Waals surface area contributed by atoms with E-state index in [1.165, 1.54) is 6.07 Å². The molecular weight excluding hydrogens is 255 g/mol. The molecule has 0 aliphatic carbocycles. The Kier molecular flexibility index (Phi) is 6.96. The summed E-state index contributed by atoms with van der Waals surface area (Å²) in [5, 5.41) is 12.8. The molecule has 1 rings (SSSR count). The summed E-state index contributed by atoms with van der Waals surface area (Å²) in [5.41, 5.74) is 0.726. The first-order valence-corrected chi connectivity index (χ1v) is 7.41. The molecule has 0 heterocycles. The standard InChI is InChI=1S/C16H27FN2O/c1-4-16(13-20,18-3)10-7-11-19(5-2)15-9-6-8-14(17)12-15/h6,8-9,12,18,20H,4-5,7,10-11,13H2,1-3H3. The van der Waals surface area contributed by atoms with Crippen molar-refractivity contribution >= 4 is 5.69 Å². The second kappa shape index (κ2) is 8.22. The van der Waals surface area contributed by atoms with Crippen LogP contribution in [0.1, 0.15) is 33.1 Å².